The van der Waals surface area contributed by atoms with E-state index in [4.69, 9.17) is 4.74 Å². The molecule has 0 bridgehead atoms. The minimum absolute atomic E-state index is 0.287. The zero-order chi connectivity index (χ0) is 12.7. The molecule has 0 heterocycles. The number of halogens is 1. The smallest absolute Gasteiger partial charge is 0.165 e. The van der Waals surface area contributed by atoms with Crippen LogP contribution in [-0.2, 0) is 6.54 Å². The van der Waals surface area contributed by atoms with E-state index in [1.165, 1.54) is 13.2 Å². The third kappa shape index (κ3) is 4.71. The van der Waals surface area contributed by atoms with Gasteiger partial charge in [-0.25, -0.2) is 4.39 Å². The third-order valence-corrected chi connectivity index (χ3v) is 2.57. The van der Waals surface area contributed by atoms with E-state index in [2.05, 4.69) is 24.5 Å². The summed E-state index contributed by atoms with van der Waals surface area (Å²) in [4.78, 5) is 0. The van der Waals surface area contributed by atoms with Crippen LogP contribution in [-0.4, -0.2) is 26.2 Å². The van der Waals surface area contributed by atoms with Crippen LogP contribution in [0.3, 0.4) is 0 Å². The number of hydrogen-bond acceptors (Lipinski definition) is 3. The number of hydrogen-bond donors (Lipinski definition) is 2. The summed E-state index contributed by atoms with van der Waals surface area (Å²) in [6.45, 7) is 6.71. The summed E-state index contributed by atoms with van der Waals surface area (Å²) in [6.07, 6.45) is 0. The van der Waals surface area contributed by atoms with Crippen molar-refractivity contribution >= 4 is 0 Å². The van der Waals surface area contributed by atoms with Crippen molar-refractivity contribution in [3.63, 3.8) is 0 Å². The molecule has 0 saturated heterocycles. The van der Waals surface area contributed by atoms with E-state index in [0.29, 0.717) is 12.6 Å². The van der Waals surface area contributed by atoms with Gasteiger partial charge < -0.3 is 15.4 Å². The molecule has 1 atom stereocenters. The highest BCUT2D eigenvalue weighted by atomic mass is 19.1. The fraction of sp³-hybridized carbons (Fsp3) is 0.538. The summed E-state index contributed by atoms with van der Waals surface area (Å²) >= 11 is 0. The second kappa shape index (κ2) is 7.25. The molecule has 1 aromatic rings. The van der Waals surface area contributed by atoms with Crippen molar-refractivity contribution < 1.29 is 9.13 Å². The van der Waals surface area contributed by atoms with E-state index in [-0.39, 0.29) is 11.6 Å². The van der Waals surface area contributed by atoms with Crippen molar-refractivity contribution in [2.75, 3.05) is 20.2 Å². The molecule has 0 fully saturated rings. The highest BCUT2D eigenvalue weighted by molar-refractivity contribution is 5.29. The number of ether oxygens (including phenoxy) is 1. The fourth-order valence-electron chi connectivity index (χ4n) is 1.54. The van der Waals surface area contributed by atoms with Crippen LogP contribution in [0.5, 0.6) is 5.75 Å². The molecule has 3 nitrogen and oxygen atoms in total. The minimum atomic E-state index is -0.314. The zero-order valence-electron chi connectivity index (χ0n) is 10.7. The Morgan fingerprint density at radius 3 is 2.76 bits per heavy atom. The van der Waals surface area contributed by atoms with Gasteiger partial charge in [-0.15, -0.1) is 0 Å². The Morgan fingerprint density at radius 2 is 2.18 bits per heavy atom. The van der Waals surface area contributed by atoms with Crippen LogP contribution in [0.4, 0.5) is 4.39 Å². The van der Waals surface area contributed by atoms with E-state index in [1.54, 1.807) is 6.07 Å². The first-order valence-corrected chi connectivity index (χ1v) is 5.93. The number of rotatable bonds is 7. The van der Waals surface area contributed by atoms with Gasteiger partial charge in [0.05, 0.1) is 7.11 Å². The molecule has 1 unspecified atom stereocenters. The molecule has 17 heavy (non-hydrogen) atoms. The average molecular weight is 240 g/mol. The molecule has 0 amide bonds. The van der Waals surface area contributed by atoms with Crippen LogP contribution in [0.25, 0.3) is 0 Å². The van der Waals surface area contributed by atoms with Gasteiger partial charge >= 0.3 is 0 Å². The molecule has 4 heteroatoms. The molecule has 0 saturated carbocycles. The van der Waals surface area contributed by atoms with Crippen molar-refractivity contribution in [1.29, 1.82) is 0 Å². The minimum Gasteiger partial charge on any atom is -0.494 e. The SMILES string of the molecule is CCNCC(C)NCc1ccc(OC)c(F)c1. The summed E-state index contributed by atoms with van der Waals surface area (Å²) < 4.78 is 18.3. The Hall–Kier alpha value is -1.13. The summed E-state index contributed by atoms with van der Waals surface area (Å²) in [5.74, 6) is -0.0272. The van der Waals surface area contributed by atoms with E-state index in [1.807, 2.05) is 6.07 Å². The Morgan fingerprint density at radius 1 is 1.41 bits per heavy atom. The molecule has 1 rings (SSSR count). The molecule has 1 aromatic carbocycles. The Balaban J connectivity index is 2.44. The van der Waals surface area contributed by atoms with Crippen LogP contribution in [0.15, 0.2) is 18.2 Å². The lowest BCUT2D eigenvalue weighted by molar-refractivity contribution is 0.386. The monoisotopic (exact) mass is 240 g/mol. The molecule has 2 N–H and O–H groups in total. The maximum Gasteiger partial charge on any atom is 0.165 e. The first-order chi connectivity index (χ1) is 8.17. The summed E-state index contributed by atoms with van der Waals surface area (Å²) in [5, 5.41) is 6.59. The predicted octanol–water partition coefficient (Wildman–Crippen LogP) is 1.92. The van der Waals surface area contributed by atoms with Crippen molar-refractivity contribution in [3.8, 4) is 5.75 Å². The van der Waals surface area contributed by atoms with Crippen molar-refractivity contribution in [2.45, 2.75) is 26.4 Å². The van der Waals surface area contributed by atoms with Gasteiger partial charge in [0.15, 0.2) is 11.6 Å². The van der Waals surface area contributed by atoms with Crippen LogP contribution >= 0.6 is 0 Å². The number of likely N-dealkylation sites (N-methyl/N-ethyl adjacent to an activating group) is 1. The zero-order valence-corrected chi connectivity index (χ0v) is 10.7. The lowest BCUT2D eigenvalue weighted by atomic mass is 10.2. The quantitative estimate of drug-likeness (QED) is 0.764. The van der Waals surface area contributed by atoms with Crippen LogP contribution in [0, 0.1) is 5.82 Å². The second-order valence-corrected chi connectivity index (χ2v) is 4.06. The molecule has 0 aromatic heterocycles. The number of nitrogens with one attached hydrogen (secondary N) is 2. The highest BCUT2D eigenvalue weighted by Gasteiger charge is 2.04. The van der Waals surface area contributed by atoms with Gasteiger partial charge in [0, 0.05) is 19.1 Å². The van der Waals surface area contributed by atoms with Crippen molar-refractivity contribution in [3.05, 3.63) is 29.6 Å². The van der Waals surface area contributed by atoms with Gasteiger partial charge in [-0.3, -0.25) is 0 Å². The molecule has 0 spiro atoms. The Labute approximate surface area is 102 Å². The molecule has 0 aliphatic carbocycles. The number of methoxy groups -OCH3 is 1. The predicted molar refractivity (Wildman–Crippen MR) is 67.8 cm³/mol. The van der Waals surface area contributed by atoms with Crippen molar-refractivity contribution in [2.24, 2.45) is 0 Å². The van der Waals surface area contributed by atoms with Crippen LogP contribution in [0.1, 0.15) is 19.4 Å². The van der Waals surface area contributed by atoms with E-state index < -0.39 is 0 Å². The standard InChI is InChI=1S/C13H21FN2O/c1-4-15-8-10(2)16-9-11-5-6-13(17-3)12(14)7-11/h5-7,10,15-16H,4,8-9H2,1-3H3. The van der Waals surface area contributed by atoms with Gasteiger partial charge in [-0.05, 0) is 31.2 Å². The third-order valence-electron chi connectivity index (χ3n) is 2.57. The first kappa shape index (κ1) is 13.9. The number of benzene rings is 1. The lowest BCUT2D eigenvalue weighted by Crippen LogP contribution is -2.35. The molecule has 0 aliphatic rings. The normalized spacial score (nSPS) is 12.5. The highest BCUT2D eigenvalue weighted by Crippen LogP contribution is 2.17. The largest absolute Gasteiger partial charge is 0.494 e. The van der Waals surface area contributed by atoms with E-state index in [0.717, 1.165) is 18.7 Å². The molecule has 0 radical (unpaired) electrons. The van der Waals surface area contributed by atoms with Gasteiger partial charge in [0.2, 0.25) is 0 Å². The van der Waals surface area contributed by atoms with Crippen LogP contribution < -0.4 is 15.4 Å². The summed E-state index contributed by atoms with van der Waals surface area (Å²) in [7, 11) is 1.47. The molecular formula is C13H21FN2O. The topological polar surface area (TPSA) is 33.3 Å². The maximum atomic E-state index is 13.4. The Bertz CT molecular complexity index is 344. The molecular weight excluding hydrogens is 219 g/mol. The van der Waals surface area contributed by atoms with Gasteiger partial charge in [0.1, 0.15) is 0 Å². The fourth-order valence-corrected chi connectivity index (χ4v) is 1.54. The summed E-state index contributed by atoms with van der Waals surface area (Å²) in [5.41, 5.74) is 0.923. The summed E-state index contributed by atoms with van der Waals surface area (Å²) in [6, 6.07) is 5.39. The van der Waals surface area contributed by atoms with E-state index in [9.17, 15) is 4.39 Å². The lowest BCUT2D eigenvalue weighted by Gasteiger charge is -2.14. The average Bonchev–Trinajstić information content (AvgIpc) is 2.34. The Kier molecular flexibility index (Phi) is 5.94. The first-order valence-electron chi connectivity index (χ1n) is 5.93. The van der Waals surface area contributed by atoms with E-state index >= 15 is 0 Å². The second-order valence-electron chi connectivity index (χ2n) is 4.06. The van der Waals surface area contributed by atoms with Gasteiger partial charge in [-0.2, -0.15) is 0 Å². The molecule has 0 aliphatic heterocycles. The van der Waals surface area contributed by atoms with Gasteiger partial charge in [-0.1, -0.05) is 13.0 Å². The molecule has 96 valence electrons. The van der Waals surface area contributed by atoms with Gasteiger partial charge in [0.25, 0.3) is 0 Å². The van der Waals surface area contributed by atoms with Crippen molar-refractivity contribution in [1.82, 2.24) is 10.6 Å². The maximum absolute atomic E-state index is 13.4. The van der Waals surface area contributed by atoms with Crippen LogP contribution in [0.2, 0.25) is 0 Å².